The summed E-state index contributed by atoms with van der Waals surface area (Å²) < 4.78 is 23.2. The summed E-state index contributed by atoms with van der Waals surface area (Å²) in [5.41, 5.74) is 1.10. The van der Waals surface area contributed by atoms with Gasteiger partial charge in [-0.15, -0.1) is 0 Å². The van der Waals surface area contributed by atoms with E-state index < -0.39 is 9.84 Å². The van der Waals surface area contributed by atoms with Crippen LogP contribution >= 0.6 is 11.6 Å². The molecule has 0 bridgehead atoms. The van der Waals surface area contributed by atoms with E-state index in [-0.39, 0.29) is 17.8 Å². The van der Waals surface area contributed by atoms with E-state index in [1.807, 2.05) is 24.3 Å². The van der Waals surface area contributed by atoms with Gasteiger partial charge in [-0.05, 0) is 37.8 Å². The van der Waals surface area contributed by atoms with Crippen LogP contribution in [0, 0.1) is 0 Å². The van der Waals surface area contributed by atoms with Crippen LogP contribution in [0.2, 0.25) is 5.02 Å². The minimum absolute atomic E-state index is 0.0798. The van der Waals surface area contributed by atoms with Crippen LogP contribution in [0.15, 0.2) is 24.3 Å². The van der Waals surface area contributed by atoms with Gasteiger partial charge in [0.15, 0.2) is 9.84 Å². The van der Waals surface area contributed by atoms with Crippen molar-refractivity contribution in [2.24, 2.45) is 0 Å². The standard InChI is InChI=1S/C14H20ClNO2S/c1-11(9-12-5-2-3-7-14(12)15)16-13-6-4-8-19(17,18)10-13/h2-3,5,7,11,13,16H,4,6,8-10H2,1H3. The highest BCUT2D eigenvalue weighted by atomic mass is 35.5. The average molecular weight is 302 g/mol. The second kappa shape index (κ2) is 6.25. The Labute approximate surface area is 120 Å². The summed E-state index contributed by atoms with van der Waals surface area (Å²) in [6.07, 6.45) is 2.52. The van der Waals surface area contributed by atoms with Gasteiger partial charge >= 0.3 is 0 Å². The molecule has 1 aliphatic rings. The number of hydrogen-bond donors (Lipinski definition) is 1. The molecule has 1 saturated heterocycles. The maximum atomic E-state index is 11.6. The molecular formula is C14H20ClNO2S. The van der Waals surface area contributed by atoms with Crippen LogP contribution in [0.5, 0.6) is 0 Å². The summed E-state index contributed by atoms with van der Waals surface area (Å²) in [4.78, 5) is 0. The van der Waals surface area contributed by atoms with Gasteiger partial charge in [0.05, 0.1) is 11.5 Å². The number of rotatable bonds is 4. The van der Waals surface area contributed by atoms with Gasteiger partial charge in [-0.1, -0.05) is 29.8 Å². The molecule has 2 rings (SSSR count). The lowest BCUT2D eigenvalue weighted by Gasteiger charge is -2.26. The van der Waals surface area contributed by atoms with Crippen molar-refractivity contribution in [1.29, 1.82) is 0 Å². The Balaban J connectivity index is 1.91. The highest BCUT2D eigenvalue weighted by molar-refractivity contribution is 7.91. The molecule has 2 atom stereocenters. The quantitative estimate of drug-likeness (QED) is 0.929. The Morgan fingerprint density at radius 2 is 2.16 bits per heavy atom. The fraction of sp³-hybridized carbons (Fsp3) is 0.571. The third-order valence-corrected chi connectivity index (χ3v) is 5.66. The lowest BCUT2D eigenvalue weighted by Crippen LogP contribution is -2.44. The van der Waals surface area contributed by atoms with E-state index in [1.165, 1.54) is 0 Å². The molecule has 0 radical (unpaired) electrons. The van der Waals surface area contributed by atoms with Crippen LogP contribution in [0.25, 0.3) is 0 Å². The molecule has 0 saturated carbocycles. The molecule has 0 spiro atoms. The summed E-state index contributed by atoms with van der Waals surface area (Å²) in [5.74, 6) is 0.601. The molecule has 1 aromatic rings. The number of benzene rings is 1. The summed E-state index contributed by atoms with van der Waals surface area (Å²) in [7, 11) is -2.85. The third kappa shape index (κ3) is 4.48. The first-order valence-electron chi connectivity index (χ1n) is 6.66. The van der Waals surface area contributed by atoms with Gasteiger partial charge in [-0.2, -0.15) is 0 Å². The Bertz CT molecular complexity index is 530. The van der Waals surface area contributed by atoms with Gasteiger partial charge in [0.1, 0.15) is 0 Å². The largest absolute Gasteiger partial charge is 0.310 e. The summed E-state index contributed by atoms with van der Waals surface area (Å²) in [5, 5.41) is 4.18. The van der Waals surface area contributed by atoms with E-state index >= 15 is 0 Å². The Morgan fingerprint density at radius 3 is 2.84 bits per heavy atom. The van der Waals surface area contributed by atoms with Gasteiger partial charge in [0.2, 0.25) is 0 Å². The molecule has 0 aromatic heterocycles. The number of nitrogens with one attached hydrogen (secondary N) is 1. The van der Waals surface area contributed by atoms with E-state index in [1.54, 1.807) is 0 Å². The molecule has 106 valence electrons. The van der Waals surface area contributed by atoms with Crippen molar-refractivity contribution in [3.8, 4) is 0 Å². The maximum Gasteiger partial charge on any atom is 0.151 e. The smallest absolute Gasteiger partial charge is 0.151 e. The summed E-state index contributed by atoms with van der Waals surface area (Å²) in [6, 6.07) is 8.08. The topological polar surface area (TPSA) is 46.2 Å². The van der Waals surface area contributed by atoms with Crippen molar-refractivity contribution in [1.82, 2.24) is 5.32 Å². The first kappa shape index (κ1) is 14.8. The predicted molar refractivity (Wildman–Crippen MR) is 79.4 cm³/mol. The second-order valence-corrected chi connectivity index (χ2v) is 7.95. The van der Waals surface area contributed by atoms with Crippen molar-refractivity contribution >= 4 is 21.4 Å². The zero-order valence-electron chi connectivity index (χ0n) is 11.1. The zero-order chi connectivity index (χ0) is 13.9. The Morgan fingerprint density at radius 1 is 1.42 bits per heavy atom. The van der Waals surface area contributed by atoms with E-state index in [9.17, 15) is 8.42 Å². The predicted octanol–water partition coefficient (Wildman–Crippen LogP) is 2.44. The number of halogens is 1. The van der Waals surface area contributed by atoms with Gasteiger partial charge in [0.25, 0.3) is 0 Å². The van der Waals surface area contributed by atoms with Gasteiger partial charge in [0, 0.05) is 17.1 Å². The van der Waals surface area contributed by atoms with E-state index in [0.717, 1.165) is 29.8 Å². The van der Waals surface area contributed by atoms with Crippen molar-refractivity contribution in [2.75, 3.05) is 11.5 Å². The number of hydrogen-bond acceptors (Lipinski definition) is 3. The minimum atomic E-state index is -2.85. The minimum Gasteiger partial charge on any atom is -0.310 e. The van der Waals surface area contributed by atoms with Crippen LogP contribution in [-0.2, 0) is 16.3 Å². The highest BCUT2D eigenvalue weighted by Gasteiger charge is 2.25. The molecule has 1 aliphatic heterocycles. The Kier molecular flexibility index (Phi) is 4.87. The van der Waals surface area contributed by atoms with Crippen LogP contribution in [0.4, 0.5) is 0 Å². The monoisotopic (exact) mass is 301 g/mol. The highest BCUT2D eigenvalue weighted by Crippen LogP contribution is 2.18. The van der Waals surface area contributed by atoms with E-state index in [0.29, 0.717) is 5.75 Å². The lowest BCUT2D eigenvalue weighted by atomic mass is 10.1. The van der Waals surface area contributed by atoms with Gasteiger partial charge in [-0.3, -0.25) is 0 Å². The maximum absolute atomic E-state index is 11.6. The van der Waals surface area contributed by atoms with Gasteiger partial charge in [-0.25, -0.2) is 8.42 Å². The van der Waals surface area contributed by atoms with Crippen molar-refractivity contribution < 1.29 is 8.42 Å². The zero-order valence-corrected chi connectivity index (χ0v) is 12.7. The molecule has 2 unspecified atom stereocenters. The summed E-state index contributed by atoms with van der Waals surface area (Å²) >= 11 is 6.13. The normalized spacial score (nSPS) is 24.0. The van der Waals surface area contributed by atoms with Crippen LogP contribution in [0.1, 0.15) is 25.3 Å². The van der Waals surface area contributed by atoms with Crippen molar-refractivity contribution in [3.63, 3.8) is 0 Å². The number of sulfone groups is 1. The van der Waals surface area contributed by atoms with Crippen molar-refractivity contribution in [3.05, 3.63) is 34.9 Å². The molecule has 1 heterocycles. The van der Waals surface area contributed by atoms with E-state index in [2.05, 4.69) is 12.2 Å². The first-order valence-corrected chi connectivity index (χ1v) is 8.86. The molecule has 1 aromatic carbocycles. The van der Waals surface area contributed by atoms with E-state index in [4.69, 9.17) is 11.6 Å². The summed E-state index contributed by atoms with van der Waals surface area (Å²) in [6.45, 7) is 2.07. The molecule has 19 heavy (non-hydrogen) atoms. The lowest BCUT2D eigenvalue weighted by molar-refractivity contribution is 0.428. The second-order valence-electron chi connectivity index (χ2n) is 5.32. The van der Waals surface area contributed by atoms with Crippen LogP contribution < -0.4 is 5.32 Å². The molecule has 0 amide bonds. The third-order valence-electron chi connectivity index (χ3n) is 3.47. The SMILES string of the molecule is CC(Cc1ccccc1Cl)NC1CCCS(=O)(=O)C1. The Hall–Kier alpha value is -0.580. The first-order chi connectivity index (χ1) is 8.96. The molecule has 0 aliphatic carbocycles. The van der Waals surface area contributed by atoms with Crippen LogP contribution in [0.3, 0.4) is 0 Å². The average Bonchev–Trinajstić information content (AvgIpc) is 2.30. The molecule has 5 heteroatoms. The molecular weight excluding hydrogens is 282 g/mol. The molecule has 1 N–H and O–H groups in total. The van der Waals surface area contributed by atoms with Crippen molar-refractivity contribution in [2.45, 2.75) is 38.3 Å². The van der Waals surface area contributed by atoms with Crippen LogP contribution in [-0.4, -0.2) is 32.0 Å². The fourth-order valence-corrected chi connectivity index (χ4v) is 4.47. The molecule has 3 nitrogen and oxygen atoms in total. The van der Waals surface area contributed by atoms with Gasteiger partial charge < -0.3 is 5.32 Å². The fourth-order valence-electron chi connectivity index (χ4n) is 2.61. The molecule has 1 fully saturated rings.